The molecule has 0 fully saturated rings. The molecule has 0 aliphatic rings. The molecular weight excluding hydrogens is 461 g/mol. The van der Waals surface area contributed by atoms with E-state index in [-0.39, 0.29) is 32.4 Å². The molecule has 0 radical (unpaired) electrons. The molecule has 0 saturated carbocycles. The molecule has 0 spiro atoms. The summed E-state index contributed by atoms with van der Waals surface area (Å²) in [6.07, 6.45) is 0. The van der Waals surface area contributed by atoms with Crippen LogP contribution >= 0.6 is 69.6 Å². The van der Waals surface area contributed by atoms with Gasteiger partial charge < -0.3 is 14.8 Å². The van der Waals surface area contributed by atoms with E-state index in [0.717, 1.165) is 0 Å². The fourth-order valence-electron chi connectivity index (χ4n) is 1.85. The number of hydrogen-bond donors (Lipinski definition) is 2. The zero-order chi connectivity index (χ0) is 18.3. The Morgan fingerprint density at radius 1 is 0.708 bits per heavy atom. The van der Waals surface area contributed by atoms with Gasteiger partial charge in [-0.3, -0.25) is 0 Å². The Bertz CT molecular complexity index is 694. The molecule has 0 unspecified atom stereocenters. The second kappa shape index (κ2) is 7.37. The lowest BCUT2D eigenvalue weighted by molar-refractivity contribution is 0.468. The molecule has 0 atom stereocenters. The third-order valence-electron chi connectivity index (χ3n) is 2.97. The number of benzene rings is 2. The first-order valence-corrected chi connectivity index (χ1v) is 9.55. The molecule has 0 amide bonds. The van der Waals surface area contributed by atoms with E-state index < -0.39 is 18.8 Å². The molecule has 2 aromatic carbocycles. The van der Waals surface area contributed by atoms with Gasteiger partial charge in [-0.15, -0.1) is 0 Å². The van der Waals surface area contributed by atoms with E-state index in [4.69, 9.17) is 69.6 Å². The van der Waals surface area contributed by atoms with Crippen molar-refractivity contribution in [2.45, 2.75) is 17.4 Å². The first-order valence-electron chi connectivity index (χ1n) is 6.13. The van der Waals surface area contributed by atoms with Crippen molar-refractivity contribution in [3.8, 4) is 11.5 Å². The van der Waals surface area contributed by atoms with Gasteiger partial charge in [0.1, 0.15) is 11.5 Å². The minimum absolute atomic E-state index is 0.0151. The predicted molar refractivity (Wildman–Crippen MR) is 99.4 cm³/mol. The summed E-state index contributed by atoms with van der Waals surface area (Å²) >= 11 is 32.9. The second-order valence-electron chi connectivity index (χ2n) is 4.62. The average Bonchev–Trinajstić information content (AvgIpc) is 2.45. The average molecular weight is 469 g/mol. The molecule has 24 heavy (non-hydrogen) atoms. The van der Waals surface area contributed by atoms with Crippen LogP contribution in [-0.4, -0.2) is 14.8 Å². The molecule has 10 heteroatoms. The third-order valence-corrected chi connectivity index (χ3v) is 5.56. The third kappa shape index (κ3) is 4.63. The van der Waals surface area contributed by atoms with Crippen molar-refractivity contribution in [1.82, 2.24) is 0 Å². The van der Waals surface area contributed by atoms with Crippen LogP contribution in [0, 0.1) is 0 Å². The zero-order valence-corrected chi connectivity index (χ0v) is 16.8. The first kappa shape index (κ1) is 20.4. The van der Waals surface area contributed by atoms with Crippen LogP contribution in [0.1, 0.15) is 11.1 Å². The van der Waals surface area contributed by atoms with E-state index in [9.17, 15) is 14.8 Å². The Morgan fingerprint density at radius 2 is 1.04 bits per heavy atom. The van der Waals surface area contributed by atoms with Crippen molar-refractivity contribution in [2.75, 3.05) is 0 Å². The van der Waals surface area contributed by atoms with Gasteiger partial charge in [0, 0.05) is 34.4 Å². The normalized spacial score (nSPS) is 12.7. The minimum Gasteiger partial charge on any atom is -0.606 e. The second-order valence-corrected chi connectivity index (χ2v) is 10.7. The molecule has 3 nitrogen and oxygen atoms in total. The maximum absolute atomic E-state index is 12.7. The summed E-state index contributed by atoms with van der Waals surface area (Å²) in [5, 5.41) is 19.5. The molecule has 0 aliphatic heterocycles. The van der Waals surface area contributed by atoms with Crippen LogP contribution in [0.2, 0.25) is 0 Å². The number of phenolic OH excluding ortho intramolecular Hbond substituents is 2. The van der Waals surface area contributed by atoms with Crippen molar-refractivity contribution in [2.24, 2.45) is 0 Å². The highest BCUT2D eigenvalue weighted by atomic mass is 35.6. The molecule has 130 valence electrons. The van der Waals surface area contributed by atoms with Gasteiger partial charge in [-0.2, -0.15) is 0 Å². The number of aromatic hydroxyl groups is 2. The van der Waals surface area contributed by atoms with Gasteiger partial charge >= 0.3 is 0 Å². The number of alkyl halides is 6. The standard InChI is InChI=1S/C14H8Cl6O3S/c15-13(16,17)9-5-7(1-3-11(9)21)24(23)8-2-4-12(22)10(6-8)14(18,19)20/h1-6,21-22H. The number of halogens is 6. The molecule has 2 aromatic rings. The first-order chi connectivity index (χ1) is 10.9. The monoisotopic (exact) mass is 466 g/mol. The van der Waals surface area contributed by atoms with E-state index in [0.29, 0.717) is 0 Å². The fraction of sp³-hybridized carbons (Fsp3) is 0.143. The van der Waals surface area contributed by atoms with Gasteiger partial charge in [-0.05, 0) is 24.3 Å². The lowest BCUT2D eigenvalue weighted by atomic mass is 10.2. The maximum atomic E-state index is 12.7. The summed E-state index contributed by atoms with van der Waals surface area (Å²) in [6.45, 7) is 0. The molecule has 0 heterocycles. The van der Waals surface area contributed by atoms with Crippen molar-refractivity contribution in [1.29, 1.82) is 0 Å². The SMILES string of the molecule is [O-][S+](c1ccc(O)c(C(Cl)(Cl)Cl)c1)c1ccc(O)c(C(Cl)(Cl)Cl)c1. The van der Waals surface area contributed by atoms with Crippen LogP contribution in [0.15, 0.2) is 46.2 Å². The molecule has 0 aliphatic carbocycles. The fourth-order valence-corrected chi connectivity index (χ4v) is 3.86. The van der Waals surface area contributed by atoms with Gasteiger partial charge in [0.05, 0.1) is 0 Å². The summed E-state index contributed by atoms with van der Waals surface area (Å²) in [5.41, 5.74) is -0.0301. The highest BCUT2D eigenvalue weighted by molar-refractivity contribution is 7.91. The summed E-state index contributed by atoms with van der Waals surface area (Å²) in [4.78, 5) is 0.519. The molecule has 2 N–H and O–H groups in total. The smallest absolute Gasteiger partial charge is 0.219 e. The van der Waals surface area contributed by atoms with Crippen LogP contribution < -0.4 is 0 Å². The van der Waals surface area contributed by atoms with E-state index in [1.165, 1.54) is 36.4 Å². The van der Waals surface area contributed by atoms with Crippen molar-refractivity contribution < 1.29 is 14.8 Å². The van der Waals surface area contributed by atoms with Crippen LogP contribution in [0.25, 0.3) is 0 Å². The Hall–Kier alpha value is 0.0900. The minimum atomic E-state index is -1.89. The van der Waals surface area contributed by atoms with Crippen LogP contribution in [0.4, 0.5) is 0 Å². The van der Waals surface area contributed by atoms with Crippen molar-refractivity contribution >= 4 is 80.8 Å². The predicted octanol–water partition coefficient (Wildman–Crippen LogP) is 5.92. The van der Waals surface area contributed by atoms with Gasteiger partial charge in [0.15, 0.2) is 9.79 Å². The maximum Gasteiger partial charge on any atom is 0.219 e. The zero-order valence-electron chi connectivity index (χ0n) is 11.4. The molecule has 0 bridgehead atoms. The largest absolute Gasteiger partial charge is 0.606 e. The molecule has 2 rings (SSSR count). The summed E-state index contributed by atoms with van der Waals surface area (Å²) in [7, 11) is 0. The molecule has 0 aromatic heterocycles. The quantitative estimate of drug-likeness (QED) is 0.425. The summed E-state index contributed by atoms with van der Waals surface area (Å²) in [6, 6.07) is 7.96. The van der Waals surface area contributed by atoms with Crippen LogP contribution in [-0.2, 0) is 18.8 Å². The van der Waals surface area contributed by atoms with Gasteiger partial charge in [-0.1, -0.05) is 69.6 Å². The Labute approximate surface area is 171 Å². The van der Waals surface area contributed by atoms with E-state index >= 15 is 0 Å². The van der Waals surface area contributed by atoms with Gasteiger partial charge in [0.2, 0.25) is 7.59 Å². The molecule has 0 saturated heterocycles. The van der Waals surface area contributed by atoms with Gasteiger partial charge in [-0.25, -0.2) is 0 Å². The van der Waals surface area contributed by atoms with Crippen molar-refractivity contribution in [3.05, 3.63) is 47.5 Å². The van der Waals surface area contributed by atoms with Crippen LogP contribution in [0.3, 0.4) is 0 Å². The Kier molecular flexibility index (Phi) is 6.27. The highest BCUT2D eigenvalue weighted by Gasteiger charge is 2.31. The lowest BCUT2D eigenvalue weighted by Crippen LogP contribution is -2.08. The Balaban J connectivity index is 2.48. The van der Waals surface area contributed by atoms with Gasteiger partial charge in [0.25, 0.3) is 0 Å². The summed E-state index contributed by atoms with van der Waals surface area (Å²) < 4.78 is 8.94. The lowest BCUT2D eigenvalue weighted by Gasteiger charge is -2.18. The van der Waals surface area contributed by atoms with Crippen molar-refractivity contribution in [3.63, 3.8) is 0 Å². The topological polar surface area (TPSA) is 63.5 Å². The number of rotatable bonds is 2. The Morgan fingerprint density at radius 3 is 1.33 bits per heavy atom. The van der Waals surface area contributed by atoms with E-state index in [1.807, 2.05) is 0 Å². The molecular formula is C14H8Cl6O3S. The number of hydrogen-bond acceptors (Lipinski definition) is 3. The van der Waals surface area contributed by atoms with E-state index in [1.54, 1.807) is 0 Å². The number of phenols is 2. The summed E-state index contributed by atoms with van der Waals surface area (Å²) in [5.74, 6) is -0.494. The van der Waals surface area contributed by atoms with Crippen LogP contribution in [0.5, 0.6) is 11.5 Å². The highest BCUT2D eigenvalue weighted by Crippen LogP contribution is 2.45. The van der Waals surface area contributed by atoms with E-state index in [2.05, 4.69) is 0 Å².